The van der Waals surface area contributed by atoms with Crippen molar-refractivity contribution < 1.29 is 13.2 Å². The van der Waals surface area contributed by atoms with Gasteiger partial charge in [0.1, 0.15) is 0 Å². The molecule has 8 heteroatoms. The quantitative estimate of drug-likeness (QED) is 0.695. The summed E-state index contributed by atoms with van der Waals surface area (Å²) in [4.78, 5) is 4.45. The summed E-state index contributed by atoms with van der Waals surface area (Å²) in [5, 5.41) is 0. The van der Waals surface area contributed by atoms with E-state index in [9.17, 15) is 8.42 Å². The summed E-state index contributed by atoms with van der Waals surface area (Å²) in [5.74, 6) is 0. The molecule has 0 aromatic rings. The molecule has 136 valence electrons. The summed E-state index contributed by atoms with van der Waals surface area (Å²) < 4.78 is 34.4. The molecular weight excluding hydrogens is 316 g/mol. The first-order chi connectivity index (χ1) is 10.7. The van der Waals surface area contributed by atoms with Crippen LogP contribution in [0, 0.1) is 0 Å². The van der Waals surface area contributed by atoms with Crippen molar-refractivity contribution in [3.05, 3.63) is 0 Å². The van der Waals surface area contributed by atoms with Crippen molar-refractivity contribution in [2.45, 2.75) is 26.4 Å². The molecule has 0 aromatic heterocycles. The third-order valence-corrected chi connectivity index (χ3v) is 6.42. The van der Waals surface area contributed by atoms with Crippen molar-refractivity contribution in [3.63, 3.8) is 0 Å². The molecule has 0 atom stereocenters. The number of hydrogen-bond acceptors (Lipinski definition) is 5. The van der Waals surface area contributed by atoms with E-state index in [0.29, 0.717) is 32.8 Å². The van der Waals surface area contributed by atoms with E-state index in [2.05, 4.69) is 9.80 Å². The third-order valence-electron chi connectivity index (χ3n) is 4.39. The van der Waals surface area contributed by atoms with Crippen LogP contribution in [0.2, 0.25) is 0 Å². The van der Waals surface area contributed by atoms with Crippen molar-refractivity contribution in [2.24, 2.45) is 0 Å². The van der Waals surface area contributed by atoms with Crippen molar-refractivity contribution in [1.82, 2.24) is 18.4 Å². The van der Waals surface area contributed by atoms with Gasteiger partial charge in [-0.15, -0.1) is 0 Å². The fourth-order valence-electron chi connectivity index (χ4n) is 2.85. The maximum absolute atomic E-state index is 12.7. The maximum atomic E-state index is 12.7. The Hall–Kier alpha value is -0.250. The summed E-state index contributed by atoms with van der Waals surface area (Å²) in [6, 6.07) is 0. The smallest absolute Gasteiger partial charge is 0.282 e. The van der Waals surface area contributed by atoms with Crippen LogP contribution in [0.15, 0.2) is 0 Å². The van der Waals surface area contributed by atoms with Gasteiger partial charge in [-0.05, 0) is 27.8 Å². The van der Waals surface area contributed by atoms with Crippen molar-refractivity contribution in [2.75, 3.05) is 72.6 Å². The highest BCUT2D eigenvalue weighted by atomic mass is 32.2. The van der Waals surface area contributed by atoms with Crippen LogP contribution in [0.1, 0.15) is 20.8 Å². The van der Waals surface area contributed by atoms with Gasteiger partial charge in [0.05, 0.1) is 12.2 Å². The van der Waals surface area contributed by atoms with Gasteiger partial charge in [0, 0.05) is 58.9 Å². The largest absolute Gasteiger partial charge is 0.375 e. The van der Waals surface area contributed by atoms with Crippen LogP contribution < -0.4 is 0 Å². The fourth-order valence-corrected chi connectivity index (χ4v) is 4.42. The van der Waals surface area contributed by atoms with Crippen molar-refractivity contribution >= 4 is 10.2 Å². The van der Waals surface area contributed by atoms with Gasteiger partial charge in [-0.2, -0.15) is 17.0 Å². The predicted molar refractivity (Wildman–Crippen MR) is 91.7 cm³/mol. The molecule has 0 aromatic carbocycles. The Labute approximate surface area is 141 Å². The molecule has 0 unspecified atom stereocenters. The van der Waals surface area contributed by atoms with E-state index in [0.717, 1.165) is 32.7 Å². The summed E-state index contributed by atoms with van der Waals surface area (Å²) in [6.07, 6.45) is 0. The van der Waals surface area contributed by atoms with Crippen LogP contribution >= 0.6 is 0 Å². The van der Waals surface area contributed by atoms with E-state index in [1.807, 2.05) is 27.8 Å². The lowest BCUT2D eigenvalue weighted by Gasteiger charge is -2.39. The van der Waals surface area contributed by atoms with Gasteiger partial charge >= 0.3 is 0 Å². The Balaban J connectivity index is 1.77. The highest BCUT2D eigenvalue weighted by molar-refractivity contribution is 7.86. The highest BCUT2D eigenvalue weighted by Crippen LogP contribution is 2.14. The minimum absolute atomic E-state index is 0.118. The molecule has 0 aliphatic carbocycles. The third kappa shape index (κ3) is 5.65. The molecule has 2 heterocycles. The summed E-state index contributed by atoms with van der Waals surface area (Å²) in [6.45, 7) is 13.2. The Kier molecular flexibility index (Phi) is 6.43. The SMILES string of the molecule is CN1CCN(S(=O)(=O)N2CCN(CCOC(C)(C)C)CC2)CC1. The monoisotopic (exact) mass is 348 g/mol. The van der Waals surface area contributed by atoms with Crippen LogP contribution in [0.4, 0.5) is 0 Å². The average Bonchev–Trinajstić information content (AvgIpc) is 2.47. The Bertz CT molecular complexity index is 462. The standard InChI is InChI=1S/C15H32N4O3S/c1-15(2,3)22-14-13-17-7-11-19(12-8-17)23(20,21)18-9-5-16(4)6-10-18/h5-14H2,1-4H3. The molecular formula is C15H32N4O3S. The molecule has 2 fully saturated rings. The van der Waals surface area contributed by atoms with Gasteiger partial charge < -0.3 is 9.64 Å². The van der Waals surface area contributed by atoms with E-state index < -0.39 is 10.2 Å². The molecule has 0 radical (unpaired) electrons. The molecule has 2 rings (SSSR count). The second kappa shape index (κ2) is 7.76. The molecule has 2 aliphatic heterocycles. The van der Waals surface area contributed by atoms with E-state index in [4.69, 9.17) is 4.74 Å². The maximum Gasteiger partial charge on any atom is 0.282 e. The average molecular weight is 349 g/mol. The topological polar surface area (TPSA) is 56.3 Å². The lowest BCUT2D eigenvalue weighted by atomic mass is 10.2. The zero-order valence-electron chi connectivity index (χ0n) is 15.0. The summed E-state index contributed by atoms with van der Waals surface area (Å²) in [7, 11) is -1.26. The molecule has 0 spiro atoms. The van der Waals surface area contributed by atoms with Gasteiger partial charge in [0.15, 0.2) is 0 Å². The van der Waals surface area contributed by atoms with E-state index in [1.165, 1.54) is 0 Å². The van der Waals surface area contributed by atoms with Crippen LogP contribution in [0.3, 0.4) is 0 Å². The van der Waals surface area contributed by atoms with Gasteiger partial charge in [0.2, 0.25) is 0 Å². The van der Waals surface area contributed by atoms with Gasteiger partial charge in [0.25, 0.3) is 10.2 Å². The Morgan fingerprint density at radius 2 is 1.35 bits per heavy atom. The van der Waals surface area contributed by atoms with E-state index in [1.54, 1.807) is 8.61 Å². The number of ether oxygens (including phenoxy) is 1. The van der Waals surface area contributed by atoms with Gasteiger partial charge in [-0.3, -0.25) is 4.90 Å². The van der Waals surface area contributed by atoms with Crippen LogP contribution in [0.5, 0.6) is 0 Å². The minimum Gasteiger partial charge on any atom is -0.375 e. The first-order valence-corrected chi connectivity index (χ1v) is 9.88. The normalized spacial score (nSPS) is 24.2. The number of hydrogen-bond donors (Lipinski definition) is 0. The summed E-state index contributed by atoms with van der Waals surface area (Å²) >= 11 is 0. The Morgan fingerprint density at radius 3 is 1.83 bits per heavy atom. The molecule has 2 saturated heterocycles. The van der Waals surface area contributed by atoms with Crippen molar-refractivity contribution in [1.29, 1.82) is 0 Å². The van der Waals surface area contributed by atoms with Gasteiger partial charge in [-0.1, -0.05) is 0 Å². The first kappa shape index (κ1) is 19.1. The highest BCUT2D eigenvalue weighted by Gasteiger charge is 2.33. The fraction of sp³-hybridized carbons (Fsp3) is 1.00. The molecule has 0 bridgehead atoms. The second-order valence-electron chi connectivity index (χ2n) is 7.41. The molecule has 23 heavy (non-hydrogen) atoms. The number of piperazine rings is 2. The zero-order valence-corrected chi connectivity index (χ0v) is 15.8. The molecule has 0 saturated carbocycles. The predicted octanol–water partition coefficient (Wildman–Crippen LogP) is -0.0887. The van der Waals surface area contributed by atoms with Crippen LogP contribution in [0.25, 0.3) is 0 Å². The number of likely N-dealkylation sites (N-methyl/N-ethyl adjacent to an activating group) is 1. The molecule has 0 amide bonds. The lowest BCUT2D eigenvalue weighted by Crippen LogP contribution is -2.56. The molecule has 2 aliphatic rings. The summed E-state index contributed by atoms with van der Waals surface area (Å²) in [5.41, 5.74) is -0.118. The van der Waals surface area contributed by atoms with Gasteiger partial charge in [-0.25, -0.2) is 0 Å². The minimum atomic E-state index is -3.29. The van der Waals surface area contributed by atoms with Crippen LogP contribution in [-0.2, 0) is 14.9 Å². The van der Waals surface area contributed by atoms with E-state index >= 15 is 0 Å². The van der Waals surface area contributed by atoms with E-state index in [-0.39, 0.29) is 5.60 Å². The molecule has 7 nitrogen and oxygen atoms in total. The number of nitrogens with zero attached hydrogens (tertiary/aromatic N) is 4. The second-order valence-corrected chi connectivity index (χ2v) is 9.34. The molecule has 0 N–H and O–H groups in total. The zero-order chi connectivity index (χ0) is 17.1. The van der Waals surface area contributed by atoms with Crippen molar-refractivity contribution in [3.8, 4) is 0 Å². The Morgan fingerprint density at radius 1 is 0.870 bits per heavy atom. The van der Waals surface area contributed by atoms with Crippen LogP contribution in [-0.4, -0.2) is 105 Å². The lowest BCUT2D eigenvalue weighted by molar-refractivity contribution is -0.0157. The number of rotatable bonds is 5. The first-order valence-electron chi connectivity index (χ1n) is 8.48.